The molecule has 2 aromatic rings. The Labute approximate surface area is 125 Å². The summed E-state index contributed by atoms with van der Waals surface area (Å²) in [5.74, 6) is -0.673. The maximum atomic E-state index is 12.5. The molecule has 0 radical (unpaired) electrons. The number of hydrogen-bond donors (Lipinski definition) is 1. The van der Waals surface area contributed by atoms with E-state index in [1.54, 1.807) is 23.8 Å². The van der Waals surface area contributed by atoms with Gasteiger partial charge in [-0.2, -0.15) is 0 Å². The summed E-state index contributed by atoms with van der Waals surface area (Å²) in [7, 11) is 0. The highest BCUT2D eigenvalue weighted by Gasteiger charge is 2.33. The van der Waals surface area contributed by atoms with Crippen molar-refractivity contribution in [3.8, 4) is 10.8 Å². The van der Waals surface area contributed by atoms with Crippen LogP contribution in [-0.2, 0) is 4.79 Å². The Morgan fingerprint density at radius 2 is 2.29 bits per heavy atom. The highest BCUT2D eigenvalue weighted by molar-refractivity contribution is 7.13. The van der Waals surface area contributed by atoms with Crippen molar-refractivity contribution in [2.24, 2.45) is 0 Å². The number of thiazole rings is 1. The summed E-state index contributed by atoms with van der Waals surface area (Å²) in [6, 6.07) is 2.78. The van der Waals surface area contributed by atoms with Gasteiger partial charge in [0.1, 0.15) is 11.7 Å². The van der Waals surface area contributed by atoms with E-state index in [0.717, 1.165) is 12.8 Å². The highest BCUT2D eigenvalue weighted by Crippen LogP contribution is 2.26. The third-order valence-electron chi connectivity index (χ3n) is 3.50. The number of aromatic nitrogens is 1. The van der Waals surface area contributed by atoms with Crippen molar-refractivity contribution in [3.05, 3.63) is 29.5 Å². The third-order valence-corrected chi connectivity index (χ3v) is 4.36. The average molecular weight is 306 g/mol. The van der Waals surface area contributed by atoms with Gasteiger partial charge in [0, 0.05) is 11.9 Å². The number of amides is 1. The van der Waals surface area contributed by atoms with Crippen LogP contribution in [0.15, 0.2) is 28.2 Å². The minimum atomic E-state index is -0.954. The van der Waals surface area contributed by atoms with Crippen LogP contribution in [-0.4, -0.2) is 39.5 Å². The van der Waals surface area contributed by atoms with Crippen molar-refractivity contribution in [1.82, 2.24) is 9.88 Å². The Bertz CT molecular complexity index is 650. The molecule has 0 aliphatic carbocycles. The normalized spacial score (nSPS) is 18.7. The van der Waals surface area contributed by atoms with Crippen LogP contribution < -0.4 is 0 Å². The Morgan fingerprint density at radius 1 is 1.43 bits per heavy atom. The highest BCUT2D eigenvalue weighted by atomic mass is 32.1. The van der Waals surface area contributed by atoms with Crippen LogP contribution in [0, 0.1) is 0 Å². The molecule has 0 aromatic carbocycles. The standard InChI is InChI=1S/C14H14N2O4S/c17-13(16-6-2-1-4-10(16)14(18)19)9-8-21-12(15-9)11-5-3-7-20-11/h3,5,7-8,10H,1-2,4,6H2,(H,18,19). The number of carbonyl (C=O) groups excluding carboxylic acids is 1. The number of carboxylic acid groups (broad SMARTS) is 1. The zero-order valence-corrected chi connectivity index (χ0v) is 12.0. The molecule has 1 unspecified atom stereocenters. The van der Waals surface area contributed by atoms with Gasteiger partial charge in [-0.05, 0) is 31.4 Å². The van der Waals surface area contributed by atoms with Crippen LogP contribution in [0.4, 0.5) is 0 Å². The van der Waals surface area contributed by atoms with Gasteiger partial charge in [-0.25, -0.2) is 9.78 Å². The van der Waals surface area contributed by atoms with Crippen molar-refractivity contribution in [1.29, 1.82) is 0 Å². The van der Waals surface area contributed by atoms with Gasteiger partial charge in [0.25, 0.3) is 5.91 Å². The number of aliphatic carboxylic acids is 1. The van der Waals surface area contributed by atoms with Gasteiger partial charge in [-0.15, -0.1) is 11.3 Å². The Kier molecular flexibility index (Phi) is 3.74. The van der Waals surface area contributed by atoms with Gasteiger partial charge in [-0.1, -0.05) is 0 Å². The molecule has 7 heteroatoms. The van der Waals surface area contributed by atoms with Crippen molar-refractivity contribution >= 4 is 23.2 Å². The lowest BCUT2D eigenvalue weighted by atomic mass is 10.0. The van der Waals surface area contributed by atoms with Gasteiger partial charge in [0.2, 0.25) is 0 Å². The minimum Gasteiger partial charge on any atom is -0.480 e. The molecular formula is C14H14N2O4S. The SMILES string of the molecule is O=C(O)C1CCCCN1C(=O)c1csc(-c2ccco2)n1. The molecule has 1 amide bonds. The van der Waals surface area contributed by atoms with Gasteiger partial charge >= 0.3 is 5.97 Å². The first-order valence-corrected chi connectivity index (χ1v) is 7.58. The summed E-state index contributed by atoms with van der Waals surface area (Å²) in [5, 5.41) is 11.5. The van der Waals surface area contributed by atoms with Gasteiger partial charge in [0.15, 0.2) is 10.8 Å². The molecule has 1 aliphatic heterocycles. The van der Waals surface area contributed by atoms with E-state index in [0.29, 0.717) is 23.7 Å². The molecule has 2 aromatic heterocycles. The molecular weight excluding hydrogens is 292 g/mol. The maximum absolute atomic E-state index is 12.5. The second-order valence-corrected chi connectivity index (χ2v) is 5.72. The number of hydrogen-bond acceptors (Lipinski definition) is 5. The Hall–Kier alpha value is -2.15. The molecule has 1 atom stereocenters. The van der Waals surface area contributed by atoms with E-state index in [4.69, 9.17) is 4.42 Å². The molecule has 1 saturated heterocycles. The van der Waals surface area contributed by atoms with E-state index in [1.165, 1.54) is 16.2 Å². The molecule has 0 spiro atoms. The van der Waals surface area contributed by atoms with Gasteiger partial charge < -0.3 is 14.4 Å². The van der Waals surface area contributed by atoms with Crippen molar-refractivity contribution in [3.63, 3.8) is 0 Å². The summed E-state index contributed by atoms with van der Waals surface area (Å²) >= 11 is 1.31. The van der Waals surface area contributed by atoms with Crippen molar-refractivity contribution in [2.45, 2.75) is 25.3 Å². The fourth-order valence-corrected chi connectivity index (χ4v) is 3.22. The lowest BCUT2D eigenvalue weighted by molar-refractivity contribution is -0.143. The Morgan fingerprint density at radius 3 is 3.00 bits per heavy atom. The molecule has 110 valence electrons. The topological polar surface area (TPSA) is 83.6 Å². The number of carboxylic acids is 1. The van der Waals surface area contributed by atoms with E-state index in [-0.39, 0.29) is 11.6 Å². The zero-order valence-electron chi connectivity index (χ0n) is 11.2. The van der Waals surface area contributed by atoms with Crippen LogP contribution in [0.5, 0.6) is 0 Å². The fraction of sp³-hybridized carbons (Fsp3) is 0.357. The number of likely N-dealkylation sites (tertiary alicyclic amines) is 1. The number of piperidine rings is 1. The van der Waals surface area contributed by atoms with Crippen LogP contribution in [0.1, 0.15) is 29.8 Å². The zero-order chi connectivity index (χ0) is 14.8. The molecule has 3 rings (SSSR count). The molecule has 3 heterocycles. The average Bonchev–Trinajstić information content (AvgIpc) is 3.17. The lowest BCUT2D eigenvalue weighted by Crippen LogP contribution is -2.48. The van der Waals surface area contributed by atoms with Crippen LogP contribution in [0.25, 0.3) is 10.8 Å². The largest absolute Gasteiger partial charge is 0.480 e. The first-order valence-electron chi connectivity index (χ1n) is 6.70. The van der Waals surface area contributed by atoms with Crippen molar-refractivity contribution in [2.75, 3.05) is 6.54 Å². The second-order valence-electron chi connectivity index (χ2n) is 4.86. The number of carbonyl (C=O) groups is 2. The maximum Gasteiger partial charge on any atom is 0.326 e. The van der Waals surface area contributed by atoms with E-state index < -0.39 is 12.0 Å². The Balaban J connectivity index is 1.83. The quantitative estimate of drug-likeness (QED) is 0.941. The van der Waals surface area contributed by atoms with E-state index in [9.17, 15) is 14.7 Å². The molecule has 6 nitrogen and oxygen atoms in total. The van der Waals surface area contributed by atoms with Gasteiger partial charge in [0.05, 0.1) is 6.26 Å². The van der Waals surface area contributed by atoms with E-state index in [2.05, 4.69) is 4.98 Å². The molecule has 0 bridgehead atoms. The van der Waals surface area contributed by atoms with Crippen LogP contribution in [0.2, 0.25) is 0 Å². The summed E-state index contributed by atoms with van der Waals surface area (Å²) in [6.07, 6.45) is 3.69. The summed E-state index contributed by atoms with van der Waals surface area (Å²) in [5.41, 5.74) is 0.277. The fourth-order valence-electron chi connectivity index (χ4n) is 2.46. The second kappa shape index (κ2) is 5.69. The van der Waals surface area contributed by atoms with E-state index >= 15 is 0 Å². The monoisotopic (exact) mass is 306 g/mol. The molecule has 1 aliphatic rings. The lowest BCUT2D eigenvalue weighted by Gasteiger charge is -2.32. The van der Waals surface area contributed by atoms with Crippen molar-refractivity contribution < 1.29 is 19.1 Å². The first kappa shape index (κ1) is 13.8. The summed E-state index contributed by atoms with van der Waals surface area (Å²) < 4.78 is 5.25. The van der Waals surface area contributed by atoms with Gasteiger partial charge in [-0.3, -0.25) is 4.79 Å². The third kappa shape index (κ3) is 2.69. The predicted octanol–water partition coefficient (Wildman–Crippen LogP) is 2.48. The summed E-state index contributed by atoms with van der Waals surface area (Å²) in [6.45, 7) is 0.462. The summed E-state index contributed by atoms with van der Waals surface area (Å²) in [4.78, 5) is 29.4. The predicted molar refractivity (Wildman–Crippen MR) is 76.1 cm³/mol. The smallest absolute Gasteiger partial charge is 0.326 e. The first-order chi connectivity index (χ1) is 10.2. The number of rotatable bonds is 3. The minimum absolute atomic E-state index is 0.277. The molecule has 1 N–H and O–H groups in total. The number of furan rings is 1. The van der Waals surface area contributed by atoms with Crippen LogP contribution in [0.3, 0.4) is 0 Å². The number of nitrogens with zero attached hydrogens (tertiary/aromatic N) is 2. The molecule has 0 saturated carbocycles. The van der Waals surface area contributed by atoms with E-state index in [1.807, 2.05) is 0 Å². The molecule has 21 heavy (non-hydrogen) atoms. The van der Waals surface area contributed by atoms with Crippen LogP contribution >= 0.6 is 11.3 Å². The molecule has 1 fully saturated rings.